The summed E-state index contributed by atoms with van der Waals surface area (Å²) < 4.78 is 49.6. The zero-order valence-corrected chi connectivity index (χ0v) is 37.7. The topological polar surface area (TPSA) is 136 Å². The molecular weight excluding hydrogens is 812 g/mol. The van der Waals surface area contributed by atoms with Gasteiger partial charge in [-0.1, -0.05) is 51.0 Å². The fourth-order valence-corrected chi connectivity index (χ4v) is 11.5. The van der Waals surface area contributed by atoms with Crippen LogP contribution >= 0.6 is 11.3 Å². The fourth-order valence-electron chi connectivity index (χ4n) is 9.19. The van der Waals surface area contributed by atoms with E-state index in [9.17, 15) is 22.4 Å². The summed E-state index contributed by atoms with van der Waals surface area (Å²) >= 11 is 1.53. The predicted octanol–water partition coefficient (Wildman–Crippen LogP) is 9.24. The minimum atomic E-state index is -3.95. The lowest BCUT2D eigenvalue weighted by Crippen LogP contribution is -2.47. The number of allylic oxidation sites excluding steroid dienone is 2. The SMILES string of the molecule is Cc1cc(F)cc(C[C@H]2CCCCC/C=C\[C@H]3C[C@@]3(C(=O)NS(=O)(=O)C3(C)CC3)CC(=O)[C@@H]3C[C@@H](Oc4cc(-c5nc(C(C)C)cs5)nc5c(C)c(C)ccc45)CN3C2=O)c1. The van der Waals surface area contributed by atoms with Gasteiger partial charge in [0.05, 0.1) is 34.0 Å². The van der Waals surface area contributed by atoms with E-state index in [1.165, 1.54) is 23.5 Å². The number of benzene rings is 2. The fraction of sp³-hybridized carbons (Fsp3) is 0.521. The van der Waals surface area contributed by atoms with Crippen LogP contribution in [0.1, 0.15) is 119 Å². The second-order valence-electron chi connectivity index (χ2n) is 18.7. The van der Waals surface area contributed by atoms with E-state index < -0.39 is 44.2 Å². The maximum absolute atomic E-state index is 15.0. The Hall–Kier alpha value is -4.49. The van der Waals surface area contributed by atoms with Crippen molar-refractivity contribution < 1.29 is 31.9 Å². The van der Waals surface area contributed by atoms with Crippen LogP contribution in [0.5, 0.6) is 5.75 Å². The maximum Gasteiger partial charge on any atom is 0.240 e. The summed E-state index contributed by atoms with van der Waals surface area (Å²) in [6, 6.07) is 9.86. The molecular formula is C48H57FN4O6S2. The highest BCUT2D eigenvalue weighted by atomic mass is 32.2. The molecule has 10 nitrogen and oxygen atoms in total. The Labute approximate surface area is 362 Å². The van der Waals surface area contributed by atoms with Crippen molar-refractivity contribution in [2.75, 3.05) is 6.54 Å². The number of halogens is 1. The highest BCUT2D eigenvalue weighted by Crippen LogP contribution is 2.58. The number of aromatic nitrogens is 2. The largest absolute Gasteiger partial charge is 0.488 e. The molecule has 0 radical (unpaired) electrons. The van der Waals surface area contributed by atoms with E-state index >= 15 is 4.79 Å². The van der Waals surface area contributed by atoms with Gasteiger partial charge in [0.1, 0.15) is 28.4 Å². The zero-order valence-electron chi connectivity index (χ0n) is 36.1. The van der Waals surface area contributed by atoms with Crippen molar-refractivity contribution in [3.8, 4) is 16.5 Å². The van der Waals surface area contributed by atoms with Gasteiger partial charge in [-0.15, -0.1) is 11.3 Å². The average molecular weight is 869 g/mol. The Morgan fingerprint density at radius 2 is 1.85 bits per heavy atom. The molecule has 1 saturated heterocycles. The number of rotatable bonds is 9. The predicted molar refractivity (Wildman–Crippen MR) is 236 cm³/mol. The molecule has 2 saturated carbocycles. The molecule has 8 rings (SSSR count). The Bertz CT molecular complexity index is 2510. The Balaban J connectivity index is 1.15. The number of carbonyl (C=O) groups is 3. The molecule has 324 valence electrons. The second-order valence-corrected chi connectivity index (χ2v) is 21.8. The lowest BCUT2D eigenvalue weighted by molar-refractivity contribution is -0.142. The summed E-state index contributed by atoms with van der Waals surface area (Å²) in [5.41, 5.74) is 4.78. The van der Waals surface area contributed by atoms with Crippen LogP contribution in [-0.2, 0) is 30.8 Å². The number of carbonyl (C=O) groups excluding carboxylic acids is 3. The molecule has 2 aromatic heterocycles. The lowest BCUT2D eigenvalue weighted by atomic mass is 9.89. The first kappa shape index (κ1) is 43.2. The van der Waals surface area contributed by atoms with Gasteiger partial charge in [0.25, 0.3) is 0 Å². The number of thiazole rings is 1. The summed E-state index contributed by atoms with van der Waals surface area (Å²) in [7, 11) is -3.95. The molecule has 5 atom stereocenters. The van der Waals surface area contributed by atoms with Gasteiger partial charge in [0, 0.05) is 35.6 Å². The zero-order chi connectivity index (χ0) is 43.4. The van der Waals surface area contributed by atoms with Gasteiger partial charge in [0.15, 0.2) is 5.78 Å². The van der Waals surface area contributed by atoms with Gasteiger partial charge in [0.2, 0.25) is 21.8 Å². The number of amides is 2. The third kappa shape index (κ3) is 8.78. The molecule has 4 aromatic rings. The Morgan fingerprint density at radius 1 is 1.07 bits per heavy atom. The van der Waals surface area contributed by atoms with Gasteiger partial charge in [-0.05, 0) is 125 Å². The van der Waals surface area contributed by atoms with Crippen LogP contribution in [0.25, 0.3) is 21.6 Å². The van der Waals surface area contributed by atoms with Gasteiger partial charge in [-0.3, -0.25) is 19.1 Å². The first-order chi connectivity index (χ1) is 29.0. The summed E-state index contributed by atoms with van der Waals surface area (Å²) in [5.74, 6) is -1.52. The van der Waals surface area contributed by atoms with E-state index in [-0.39, 0.29) is 48.7 Å². The number of hydrogen-bond donors (Lipinski definition) is 1. The smallest absolute Gasteiger partial charge is 0.240 e. The Kier molecular flexibility index (Phi) is 11.8. The van der Waals surface area contributed by atoms with E-state index in [0.717, 1.165) is 69.5 Å². The van der Waals surface area contributed by atoms with Crippen LogP contribution in [0.4, 0.5) is 4.39 Å². The number of hydrogen-bond acceptors (Lipinski definition) is 9. The molecule has 2 aliphatic heterocycles. The number of nitrogens with zero attached hydrogens (tertiary/aromatic N) is 3. The van der Waals surface area contributed by atoms with Crippen LogP contribution in [-0.4, -0.2) is 64.3 Å². The quantitative estimate of drug-likeness (QED) is 0.165. The molecule has 1 N–H and O–H groups in total. The average Bonchev–Trinajstić information content (AvgIpc) is 3.97. The van der Waals surface area contributed by atoms with Crippen LogP contribution < -0.4 is 9.46 Å². The number of pyridine rings is 1. The summed E-state index contributed by atoms with van der Waals surface area (Å²) in [5, 5.41) is 3.62. The molecule has 2 amide bonds. The summed E-state index contributed by atoms with van der Waals surface area (Å²) in [4.78, 5) is 55.6. The Morgan fingerprint density at radius 3 is 2.57 bits per heavy atom. The molecule has 13 heteroatoms. The maximum atomic E-state index is 15.0. The first-order valence-electron chi connectivity index (χ1n) is 21.8. The van der Waals surface area contributed by atoms with Gasteiger partial charge in [-0.25, -0.2) is 22.8 Å². The van der Waals surface area contributed by atoms with Gasteiger partial charge in [-0.2, -0.15) is 0 Å². The van der Waals surface area contributed by atoms with Crippen molar-refractivity contribution in [3.05, 3.63) is 87.7 Å². The molecule has 2 aliphatic carbocycles. The van der Waals surface area contributed by atoms with E-state index in [1.54, 1.807) is 11.8 Å². The number of aryl methyl sites for hydroxylation is 3. The highest BCUT2D eigenvalue weighted by molar-refractivity contribution is 7.91. The van der Waals surface area contributed by atoms with Crippen LogP contribution in [0, 0.1) is 43.8 Å². The molecule has 61 heavy (non-hydrogen) atoms. The van der Waals surface area contributed by atoms with E-state index in [4.69, 9.17) is 14.7 Å². The highest BCUT2D eigenvalue weighted by Gasteiger charge is 2.62. The van der Waals surface area contributed by atoms with Crippen molar-refractivity contribution in [3.63, 3.8) is 0 Å². The monoisotopic (exact) mass is 868 g/mol. The number of fused-ring (bicyclic) bond motifs is 3. The van der Waals surface area contributed by atoms with Gasteiger partial charge >= 0.3 is 0 Å². The van der Waals surface area contributed by atoms with Crippen molar-refractivity contribution in [1.29, 1.82) is 0 Å². The molecule has 0 bridgehead atoms. The van der Waals surface area contributed by atoms with Crippen LogP contribution in [0.2, 0.25) is 0 Å². The van der Waals surface area contributed by atoms with E-state index in [1.807, 2.05) is 62.6 Å². The molecule has 0 unspecified atom stereocenters. The minimum Gasteiger partial charge on any atom is -0.488 e. The van der Waals surface area contributed by atoms with Crippen molar-refractivity contribution in [2.45, 2.75) is 135 Å². The molecule has 3 fully saturated rings. The molecule has 4 heterocycles. The normalized spacial score (nSPS) is 26.0. The summed E-state index contributed by atoms with van der Waals surface area (Å²) in [6.07, 6.45) is 8.83. The van der Waals surface area contributed by atoms with Gasteiger partial charge < -0.3 is 9.64 Å². The number of Topliss-reactive ketones (excluding diaryl/α,β-unsaturated/α-hetero) is 1. The van der Waals surface area contributed by atoms with Crippen molar-refractivity contribution in [2.24, 2.45) is 17.3 Å². The van der Waals surface area contributed by atoms with Crippen molar-refractivity contribution in [1.82, 2.24) is 19.6 Å². The lowest BCUT2D eigenvalue weighted by Gasteiger charge is -2.29. The number of sulfonamides is 1. The standard InChI is InChI=1S/C48H57FN4O6S2/c1-28(2)39-27-60-44(51-39)38-23-42(37-15-14-30(4)31(5)43(37)50-38)59-36-22-40-41(54)25-48(46(56)52-61(57,58)47(6)16-17-47)24-34(48)13-11-9-7-8-10-12-33(45(55)53(40)26-36)20-32-18-29(3)19-35(49)21-32/h11,13-15,18-19,21,23,27-28,33-34,36,40H,7-10,12,16-17,20,22,24-26H2,1-6H3,(H,52,56)/b13-11-/t33-,34+,36-,40+,48-/m1/s1. The number of ketones is 1. The molecule has 4 aliphatic rings. The summed E-state index contributed by atoms with van der Waals surface area (Å²) in [6.45, 7) is 11.9. The molecule has 0 spiro atoms. The third-order valence-corrected chi connectivity index (χ3v) is 16.7. The molecule has 2 aromatic carbocycles. The number of nitrogens with one attached hydrogen (secondary N) is 1. The second kappa shape index (κ2) is 16.7. The third-order valence-electron chi connectivity index (χ3n) is 13.6. The van der Waals surface area contributed by atoms with E-state index in [2.05, 4.69) is 18.6 Å². The first-order valence-corrected chi connectivity index (χ1v) is 24.2. The number of ether oxygens (including phenoxy) is 1. The van der Waals surface area contributed by atoms with E-state index in [0.29, 0.717) is 43.5 Å². The van der Waals surface area contributed by atoms with Crippen LogP contribution in [0.3, 0.4) is 0 Å². The van der Waals surface area contributed by atoms with Crippen LogP contribution in [0.15, 0.2) is 53.9 Å². The minimum absolute atomic E-state index is 0.127. The van der Waals surface area contributed by atoms with Crippen molar-refractivity contribution >= 4 is 49.9 Å².